The lowest BCUT2D eigenvalue weighted by molar-refractivity contribution is -0.133. The fourth-order valence-electron chi connectivity index (χ4n) is 1.37. The van der Waals surface area contributed by atoms with Crippen LogP contribution in [0.2, 0.25) is 0 Å². The lowest BCUT2D eigenvalue weighted by Crippen LogP contribution is -2.10. The van der Waals surface area contributed by atoms with E-state index in [0.29, 0.717) is 12.2 Å². The first-order valence-corrected chi connectivity index (χ1v) is 6.03. The van der Waals surface area contributed by atoms with Gasteiger partial charge >= 0.3 is 5.97 Å². The van der Waals surface area contributed by atoms with E-state index < -0.39 is 0 Å². The Labute approximate surface area is 104 Å². The highest BCUT2D eigenvalue weighted by atomic mass is 32.1. The summed E-state index contributed by atoms with van der Waals surface area (Å²) in [7, 11) is 1.60. The first-order chi connectivity index (χ1) is 8.28. The lowest BCUT2D eigenvalue weighted by Gasteiger charge is -2.04. The van der Waals surface area contributed by atoms with Gasteiger partial charge in [0.2, 0.25) is 0 Å². The number of carbonyl (C=O) groups is 1. The number of thiophene rings is 1. The number of benzene rings is 1. The molecule has 0 saturated carbocycles. The van der Waals surface area contributed by atoms with Gasteiger partial charge in [-0.15, -0.1) is 11.3 Å². The zero-order valence-corrected chi connectivity index (χ0v) is 10.2. The number of carbonyl (C=O) groups excluding carboxylic acids is 1. The van der Waals surface area contributed by atoms with E-state index in [2.05, 4.69) is 0 Å². The first-order valence-electron chi connectivity index (χ1n) is 5.15. The van der Waals surface area contributed by atoms with Crippen molar-refractivity contribution in [3.8, 4) is 11.5 Å². The van der Waals surface area contributed by atoms with E-state index in [1.165, 1.54) is 0 Å². The summed E-state index contributed by atoms with van der Waals surface area (Å²) in [6.45, 7) is 0. The third-order valence-electron chi connectivity index (χ3n) is 2.19. The van der Waals surface area contributed by atoms with Crippen molar-refractivity contribution in [1.82, 2.24) is 0 Å². The second-order valence-corrected chi connectivity index (χ2v) is 4.44. The fraction of sp³-hybridized carbons (Fsp3) is 0.154. The molecule has 1 heterocycles. The van der Waals surface area contributed by atoms with Gasteiger partial charge < -0.3 is 9.47 Å². The van der Waals surface area contributed by atoms with Gasteiger partial charge in [0, 0.05) is 4.88 Å². The van der Waals surface area contributed by atoms with Crippen LogP contribution in [-0.2, 0) is 11.2 Å². The molecule has 2 aromatic rings. The molecular weight excluding hydrogens is 236 g/mol. The van der Waals surface area contributed by atoms with E-state index in [-0.39, 0.29) is 5.97 Å². The lowest BCUT2D eigenvalue weighted by atomic mass is 10.3. The minimum absolute atomic E-state index is 0.252. The van der Waals surface area contributed by atoms with E-state index >= 15 is 0 Å². The molecule has 2 rings (SSSR count). The third kappa shape index (κ3) is 3.32. The summed E-state index contributed by atoms with van der Waals surface area (Å²) in [5, 5.41) is 1.94. The summed E-state index contributed by atoms with van der Waals surface area (Å²) in [5.41, 5.74) is 0. The van der Waals surface area contributed by atoms with Crippen LogP contribution in [0.3, 0.4) is 0 Å². The second-order valence-electron chi connectivity index (χ2n) is 3.41. The molecule has 4 heteroatoms. The fourth-order valence-corrected chi connectivity index (χ4v) is 2.06. The molecule has 0 aliphatic heterocycles. The largest absolute Gasteiger partial charge is 0.497 e. The van der Waals surface area contributed by atoms with E-state index in [1.807, 2.05) is 17.5 Å². The van der Waals surface area contributed by atoms with Crippen LogP contribution in [0, 0.1) is 0 Å². The van der Waals surface area contributed by atoms with Gasteiger partial charge in [-0.1, -0.05) is 6.07 Å². The predicted molar refractivity (Wildman–Crippen MR) is 66.7 cm³/mol. The molecule has 0 atom stereocenters. The molecule has 0 amide bonds. The van der Waals surface area contributed by atoms with Crippen molar-refractivity contribution in [2.45, 2.75) is 6.42 Å². The Morgan fingerprint density at radius 3 is 2.47 bits per heavy atom. The highest BCUT2D eigenvalue weighted by Gasteiger charge is 2.07. The monoisotopic (exact) mass is 248 g/mol. The first kappa shape index (κ1) is 11.7. The van der Waals surface area contributed by atoms with Crippen LogP contribution in [-0.4, -0.2) is 13.1 Å². The Balaban J connectivity index is 1.93. The Bertz CT molecular complexity index is 474. The van der Waals surface area contributed by atoms with Gasteiger partial charge in [0.25, 0.3) is 0 Å². The van der Waals surface area contributed by atoms with Crippen LogP contribution in [0.1, 0.15) is 4.88 Å². The molecule has 1 aromatic heterocycles. The van der Waals surface area contributed by atoms with Crippen molar-refractivity contribution in [3.05, 3.63) is 46.7 Å². The van der Waals surface area contributed by atoms with Crippen molar-refractivity contribution in [2.75, 3.05) is 7.11 Å². The normalized spacial score (nSPS) is 9.94. The molecular formula is C13H12O3S. The number of esters is 1. The Hall–Kier alpha value is -1.81. The molecule has 0 unspecified atom stereocenters. The van der Waals surface area contributed by atoms with Gasteiger partial charge in [-0.25, -0.2) is 0 Å². The smallest absolute Gasteiger partial charge is 0.316 e. The van der Waals surface area contributed by atoms with Gasteiger partial charge in [0.15, 0.2) is 0 Å². The number of ether oxygens (including phenoxy) is 2. The van der Waals surface area contributed by atoms with E-state index in [4.69, 9.17) is 9.47 Å². The third-order valence-corrected chi connectivity index (χ3v) is 3.07. The van der Waals surface area contributed by atoms with Crippen LogP contribution in [0.4, 0.5) is 0 Å². The number of methoxy groups -OCH3 is 1. The van der Waals surface area contributed by atoms with Gasteiger partial charge in [-0.3, -0.25) is 4.79 Å². The summed E-state index contributed by atoms with van der Waals surface area (Å²) < 4.78 is 10.2. The van der Waals surface area contributed by atoms with Crippen LogP contribution in [0.25, 0.3) is 0 Å². The molecule has 1 aromatic carbocycles. The van der Waals surface area contributed by atoms with Crippen LogP contribution in [0.15, 0.2) is 41.8 Å². The van der Waals surface area contributed by atoms with Crippen molar-refractivity contribution >= 4 is 17.3 Å². The van der Waals surface area contributed by atoms with Crippen LogP contribution < -0.4 is 9.47 Å². The standard InChI is InChI=1S/C13H12O3S/c1-15-10-4-6-11(7-5-10)16-13(14)9-12-3-2-8-17-12/h2-8H,9H2,1H3. The molecule has 0 saturated heterocycles. The summed E-state index contributed by atoms with van der Waals surface area (Å²) >= 11 is 1.55. The van der Waals surface area contributed by atoms with E-state index in [9.17, 15) is 4.79 Å². The summed E-state index contributed by atoms with van der Waals surface area (Å²) in [4.78, 5) is 12.6. The molecule has 0 fully saturated rings. The quantitative estimate of drug-likeness (QED) is 0.616. The molecule has 17 heavy (non-hydrogen) atoms. The molecule has 0 bridgehead atoms. The number of hydrogen-bond acceptors (Lipinski definition) is 4. The zero-order chi connectivity index (χ0) is 12.1. The maximum atomic E-state index is 11.6. The summed E-state index contributed by atoms with van der Waals surface area (Å²) in [6, 6.07) is 10.8. The maximum absolute atomic E-state index is 11.6. The van der Waals surface area contributed by atoms with Crippen molar-refractivity contribution < 1.29 is 14.3 Å². The van der Waals surface area contributed by atoms with Gasteiger partial charge in [0.1, 0.15) is 11.5 Å². The molecule has 0 aliphatic carbocycles. The van der Waals surface area contributed by atoms with Gasteiger partial charge in [-0.2, -0.15) is 0 Å². The highest BCUT2D eigenvalue weighted by Crippen LogP contribution is 2.18. The van der Waals surface area contributed by atoms with E-state index in [0.717, 1.165) is 10.6 Å². The molecule has 3 nitrogen and oxygen atoms in total. The second kappa shape index (κ2) is 5.50. The van der Waals surface area contributed by atoms with Crippen molar-refractivity contribution in [3.63, 3.8) is 0 Å². The SMILES string of the molecule is COc1ccc(OC(=O)Cc2cccs2)cc1. The minimum atomic E-state index is -0.252. The van der Waals surface area contributed by atoms with Crippen LogP contribution >= 0.6 is 11.3 Å². The summed E-state index contributed by atoms with van der Waals surface area (Å²) in [6.07, 6.45) is 0.309. The number of rotatable bonds is 4. The zero-order valence-electron chi connectivity index (χ0n) is 9.38. The average molecular weight is 248 g/mol. The van der Waals surface area contributed by atoms with Gasteiger partial charge in [0.05, 0.1) is 13.5 Å². The topological polar surface area (TPSA) is 35.5 Å². The Kier molecular flexibility index (Phi) is 3.77. The van der Waals surface area contributed by atoms with Crippen LogP contribution in [0.5, 0.6) is 11.5 Å². The Morgan fingerprint density at radius 2 is 1.88 bits per heavy atom. The highest BCUT2D eigenvalue weighted by molar-refractivity contribution is 7.10. The summed E-state index contributed by atoms with van der Waals surface area (Å²) in [5.74, 6) is 1.02. The molecule has 0 spiro atoms. The number of hydrogen-bond donors (Lipinski definition) is 0. The molecule has 88 valence electrons. The van der Waals surface area contributed by atoms with Crippen molar-refractivity contribution in [1.29, 1.82) is 0 Å². The molecule has 0 N–H and O–H groups in total. The minimum Gasteiger partial charge on any atom is -0.497 e. The maximum Gasteiger partial charge on any atom is 0.316 e. The van der Waals surface area contributed by atoms with E-state index in [1.54, 1.807) is 42.7 Å². The Morgan fingerprint density at radius 1 is 1.18 bits per heavy atom. The molecule has 0 aliphatic rings. The molecule has 0 radical (unpaired) electrons. The predicted octanol–water partition coefficient (Wildman–Crippen LogP) is 2.90. The van der Waals surface area contributed by atoms with Gasteiger partial charge in [-0.05, 0) is 35.7 Å². The average Bonchev–Trinajstić information content (AvgIpc) is 2.82. The van der Waals surface area contributed by atoms with Crippen molar-refractivity contribution in [2.24, 2.45) is 0 Å².